The maximum absolute atomic E-state index is 12.9. The first kappa shape index (κ1) is 15.8. The number of piperidine rings is 1. The summed E-state index contributed by atoms with van der Waals surface area (Å²) in [4.78, 5) is 13.4. The van der Waals surface area contributed by atoms with Crippen LogP contribution in [-0.4, -0.2) is 36.7 Å². The zero-order valence-corrected chi connectivity index (χ0v) is 12.6. The van der Waals surface area contributed by atoms with Crippen LogP contribution in [0.5, 0.6) is 0 Å². The van der Waals surface area contributed by atoms with Crippen molar-refractivity contribution in [3.8, 4) is 0 Å². The lowest BCUT2D eigenvalue weighted by molar-refractivity contribution is 0.0944. The first-order chi connectivity index (χ1) is 10.1. The average molecular weight is 294 g/mol. The zero-order chi connectivity index (χ0) is 15.2. The van der Waals surface area contributed by atoms with E-state index in [9.17, 15) is 9.18 Å². The third-order valence-electron chi connectivity index (χ3n) is 3.88. The number of amides is 1. The van der Waals surface area contributed by atoms with Crippen LogP contribution in [0.2, 0.25) is 0 Å². The van der Waals surface area contributed by atoms with Gasteiger partial charge in [-0.05, 0) is 44.4 Å². The number of rotatable bonds is 4. The van der Waals surface area contributed by atoms with Crippen LogP contribution in [0.3, 0.4) is 0 Å². The lowest BCUT2D eigenvalue weighted by Crippen LogP contribution is -2.45. The van der Waals surface area contributed by atoms with Gasteiger partial charge in [0, 0.05) is 25.2 Å². The molecule has 1 heterocycles. The van der Waals surface area contributed by atoms with E-state index in [0.717, 1.165) is 18.4 Å². The van der Waals surface area contributed by atoms with Crippen LogP contribution in [0, 0.1) is 5.82 Å². The van der Waals surface area contributed by atoms with E-state index in [4.69, 9.17) is 4.74 Å². The maximum Gasteiger partial charge on any atom is 0.409 e. The van der Waals surface area contributed by atoms with Gasteiger partial charge in [-0.15, -0.1) is 0 Å². The van der Waals surface area contributed by atoms with Gasteiger partial charge in [-0.2, -0.15) is 0 Å². The molecule has 1 saturated heterocycles. The van der Waals surface area contributed by atoms with Crippen molar-refractivity contribution in [3.05, 3.63) is 35.6 Å². The van der Waals surface area contributed by atoms with E-state index in [0.29, 0.717) is 25.7 Å². The summed E-state index contributed by atoms with van der Waals surface area (Å²) < 4.78 is 17.9. The van der Waals surface area contributed by atoms with Gasteiger partial charge in [0.15, 0.2) is 0 Å². The highest BCUT2D eigenvalue weighted by molar-refractivity contribution is 5.67. The van der Waals surface area contributed by atoms with Crippen LogP contribution in [0.4, 0.5) is 9.18 Å². The molecule has 1 aromatic rings. The summed E-state index contributed by atoms with van der Waals surface area (Å²) in [5, 5.41) is 3.54. The Morgan fingerprint density at radius 3 is 2.57 bits per heavy atom. The lowest BCUT2D eigenvalue weighted by atomic mass is 10.0. The SMILES string of the molecule is CCOC(=O)N1CCC(N[C@@H](C)c2ccc(F)cc2)CC1. The van der Waals surface area contributed by atoms with Crippen molar-refractivity contribution in [3.63, 3.8) is 0 Å². The highest BCUT2D eigenvalue weighted by Crippen LogP contribution is 2.18. The Balaban J connectivity index is 1.80. The Kier molecular flexibility index (Phi) is 5.56. The molecule has 0 unspecified atom stereocenters. The van der Waals surface area contributed by atoms with Crippen molar-refractivity contribution in [2.24, 2.45) is 0 Å². The third-order valence-corrected chi connectivity index (χ3v) is 3.88. The largest absolute Gasteiger partial charge is 0.450 e. The van der Waals surface area contributed by atoms with Crippen molar-refractivity contribution in [2.45, 2.75) is 38.8 Å². The topological polar surface area (TPSA) is 41.6 Å². The van der Waals surface area contributed by atoms with Gasteiger partial charge in [0.1, 0.15) is 5.82 Å². The molecule has 1 N–H and O–H groups in total. The van der Waals surface area contributed by atoms with Crippen LogP contribution in [0.15, 0.2) is 24.3 Å². The Hall–Kier alpha value is -1.62. The van der Waals surface area contributed by atoms with Crippen molar-refractivity contribution in [1.29, 1.82) is 0 Å². The standard InChI is InChI=1S/C16H23FN2O2/c1-3-21-16(20)19-10-8-15(9-11-19)18-12(2)13-4-6-14(17)7-5-13/h4-7,12,15,18H,3,8-11H2,1-2H3/t12-/m0/s1. The van der Waals surface area contributed by atoms with Gasteiger partial charge in [-0.3, -0.25) is 0 Å². The summed E-state index contributed by atoms with van der Waals surface area (Å²) in [6.45, 7) is 5.74. The van der Waals surface area contributed by atoms with Crippen LogP contribution in [-0.2, 0) is 4.74 Å². The molecule has 1 aliphatic heterocycles. The fraction of sp³-hybridized carbons (Fsp3) is 0.562. The second-order valence-corrected chi connectivity index (χ2v) is 5.40. The Labute approximate surface area is 125 Å². The molecule has 0 saturated carbocycles. The molecular weight excluding hydrogens is 271 g/mol. The molecule has 0 aliphatic carbocycles. The molecule has 1 amide bonds. The fourth-order valence-corrected chi connectivity index (χ4v) is 2.64. The molecule has 0 spiro atoms. The van der Waals surface area contributed by atoms with Crippen LogP contribution >= 0.6 is 0 Å². The monoisotopic (exact) mass is 294 g/mol. The number of ether oxygens (including phenoxy) is 1. The van der Waals surface area contributed by atoms with Crippen LogP contribution in [0.1, 0.15) is 38.3 Å². The molecule has 1 fully saturated rings. The second-order valence-electron chi connectivity index (χ2n) is 5.40. The molecule has 1 atom stereocenters. The van der Waals surface area contributed by atoms with E-state index in [1.165, 1.54) is 12.1 Å². The minimum atomic E-state index is -0.220. The number of likely N-dealkylation sites (tertiary alicyclic amines) is 1. The quantitative estimate of drug-likeness (QED) is 0.928. The van der Waals surface area contributed by atoms with E-state index in [-0.39, 0.29) is 18.0 Å². The maximum atomic E-state index is 12.9. The smallest absolute Gasteiger partial charge is 0.409 e. The highest BCUT2D eigenvalue weighted by atomic mass is 19.1. The zero-order valence-electron chi connectivity index (χ0n) is 12.6. The normalized spacial score (nSPS) is 17.6. The Bertz CT molecular complexity index is 456. The Morgan fingerprint density at radius 2 is 2.00 bits per heavy atom. The third kappa shape index (κ3) is 4.43. The predicted molar refractivity (Wildman–Crippen MR) is 79.6 cm³/mol. The number of benzene rings is 1. The summed E-state index contributed by atoms with van der Waals surface area (Å²) >= 11 is 0. The van der Waals surface area contributed by atoms with Crippen molar-refractivity contribution >= 4 is 6.09 Å². The summed E-state index contributed by atoms with van der Waals surface area (Å²) in [5.41, 5.74) is 1.07. The minimum absolute atomic E-state index is 0.171. The summed E-state index contributed by atoms with van der Waals surface area (Å²) in [6, 6.07) is 7.12. The molecule has 4 nitrogen and oxygen atoms in total. The highest BCUT2D eigenvalue weighted by Gasteiger charge is 2.24. The molecule has 1 aliphatic rings. The van der Waals surface area contributed by atoms with Crippen molar-refractivity contribution < 1.29 is 13.9 Å². The molecule has 116 valence electrons. The Morgan fingerprint density at radius 1 is 1.38 bits per heavy atom. The van der Waals surface area contributed by atoms with E-state index < -0.39 is 0 Å². The first-order valence-corrected chi connectivity index (χ1v) is 7.53. The number of carbonyl (C=O) groups excluding carboxylic acids is 1. The van der Waals surface area contributed by atoms with Crippen LogP contribution in [0.25, 0.3) is 0 Å². The van der Waals surface area contributed by atoms with Gasteiger partial charge in [0.25, 0.3) is 0 Å². The number of nitrogens with one attached hydrogen (secondary N) is 1. The molecule has 0 aromatic heterocycles. The van der Waals surface area contributed by atoms with E-state index in [1.54, 1.807) is 17.0 Å². The molecule has 1 aromatic carbocycles. The number of nitrogens with zero attached hydrogens (tertiary/aromatic N) is 1. The van der Waals surface area contributed by atoms with Gasteiger partial charge in [-0.25, -0.2) is 9.18 Å². The summed E-state index contributed by atoms with van der Waals surface area (Å²) in [5.74, 6) is -0.214. The number of hydrogen-bond acceptors (Lipinski definition) is 3. The molecule has 2 rings (SSSR count). The molecule has 0 bridgehead atoms. The fourth-order valence-electron chi connectivity index (χ4n) is 2.64. The predicted octanol–water partition coefficient (Wildman–Crippen LogP) is 3.10. The minimum Gasteiger partial charge on any atom is -0.450 e. The van der Waals surface area contributed by atoms with E-state index in [2.05, 4.69) is 12.2 Å². The average Bonchev–Trinajstić information content (AvgIpc) is 2.49. The molecule has 5 heteroatoms. The van der Waals surface area contributed by atoms with Gasteiger partial charge in [-0.1, -0.05) is 12.1 Å². The van der Waals surface area contributed by atoms with Crippen molar-refractivity contribution in [1.82, 2.24) is 10.2 Å². The number of carbonyl (C=O) groups is 1. The molecular formula is C16H23FN2O2. The number of halogens is 1. The second kappa shape index (κ2) is 7.41. The number of hydrogen-bond donors (Lipinski definition) is 1. The lowest BCUT2D eigenvalue weighted by Gasteiger charge is -2.33. The van der Waals surface area contributed by atoms with Gasteiger partial charge >= 0.3 is 6.09 Å². The summed E-state index contributed by atoms with van der Waals surface area (Å²) in [7, 11) is 0. The summed E-state index contributed by atoms with van der Waals surface area (Å²) in [6.07, 6.45) is 1.59. The first-order valence-electron chi connectivity index (χ1n) is 7.53. The van der Waals surface area contributed by atoms with Gasteiger partial charge in [0.2, 0.25) is 0 Å². The van der Waals surface area contributed by atoms with Crippen LogP contribution < -0.4 is 5.32 Å². The van der Waals surface area contributed by atoms with Crippen molar-refractivity contribution in [2.75, 3.05) is 19.7 Å². The molecule has 21 heavy (non-hydrogen) atoms. The van der Waals surface area contributed by atoms with E-state index >= 15 is 0 Å². The van der Waals surface area contributed by atoms with Gasteiger partial charge < -0.3 is 15.0 Å². The van der Waals surface area contributed by atoms with E-state index in [1.807, 2.05) is 6.92 Å². The van der Waals surface area contributed by atoms with Gasteiger partial charge in [0.05, 0.1) is 6.61 Å². The molecule has 0 radical (unpaired) electrons.